The Kier molecular flexibility index (Phi) is 6.31. The van der Waals surface area contributed by atoms with Gasteiger partial charge in [-0.15, -0.1) is 0 Å². The van der Waals surface area contributed by atoms with Crippen molar-refractivity contribution in [3.05, 3.63) is 41.7 Å². The highest BCUT2D eigenvalue weighted by Gasteiger charge is 2.38. The average molecular weight is 416 g/mol. The molecule has 2 aromatic rings. The first-order chi connectivity index (χ1) is 14.1. The fraction of sp³-hybridized carbons (Fsp3) is 0.478. The molecular weight excluding hydrogens is 385 g/mol. The van der Waals surface area contributed by atoms with Crippen molar-refractivity contribution in [3.63, 3.8) is 0 Å². The van der Waals surface area contributed by atoms with Crippen molar-refractivity contribution in [1.82, 2.24) is 4.98 Å². The van der Waals surface area contributed by atoms with Crippen LogP contribution in [-0.4, -0.2) is 41.3 Å². The molecule has 0 aliphatic carbocycles. The van der Waals surface area contributed by atoms with Crippen LogP contribution in [0.1, 0.15) is 44.5 Å². The molecule has 1 saturated heterocycles. The maximum atomic E-state index is 14.3. The van der Waals surface area contributed by atoms with Crippen LogP contribution in [0, 0.1) is 17.7 Å². The number of aliphatic hydroxyl groups is 1. The minimum Gasteiger partial charge on any atom is -0.493 e. The van der Waals surface area contributed by atoms with E-state index < -0.39 is 11.7 Å². The number of benzene rings is 1. The van der Waals surface area contributed by atoms with Crippen LogP contribution in [0.15, 0.2) is 30.3 Å². The van der Waals surface area contributed by atoms with E-state index in [9.17, 15) is 9.18 Å². The fourth-order valence-electron chi connectivity index (χ4n) is 4.05. The zero-order valence-corrected chi connectivity index (χ0v) is 18.0. The number of carbonyl (C=O) groups excluding carboxylic acids is 1. The van der Waals surface area contributed by atoms with E-state index in [1.807, 2.05) is 6.92 Å². The first kappa shape index (κ1) is 22.0. The molecule has 2 atom stereocenters. The number of hydrogen-bond acceptors (Lipinski definition) is 5. The number of ether oxygens (including phenoxy) is 1. The maximum absolute atomic E-state index is 14.3. The van der Waals surface area contributed by atoms with Crippen molar-refractivity contribution in [3.8, 4) is 17.0 Å². The lowest BCUT2D eigenvalue weighted by atomic mass is 9.97. The second kappa shape index (κ2) is 8.60. The number of rotatable bonds is 7. The average Bonchev–Trinajstić information content (AvgIpc) is 2.96. The number of carbonyl (C=O) groups is 1. The van der Waals surface area contributed by atoms with E-state index in [2.05, 4.69) is 25.7 Å². The monoisotopic (exact) mass is 415 g/mol. The number of amides is 1. The molecule has 30 heavy (non-hydrogen) atoms. The molecule has 0 radical (unpaired) electrons. The Morgan fingerprint density at radius 2 is 2.13 bits per heavy atom. The predicted molar refractivity (Wildman–Crippen MR) is 115 cm³/mol. The van der Waals surface area contributed by atoms with Crippen LogP contribution in [0.3, 0.4) is 0 Å². The summed E-state index contributed by atoms with van der Waals surface area (Å²) in [7, 11) is 0. The van der Waals surface area contributed by atoms with E-state index in [4.69, 9.17) is 20.6 Å². The number of aromatic nitrogens is 1. The van der Waals surface area contributed by atoms with Gasteiger partial charge in [0.2, 0.25) is 0 Å². The van der Waals surface area contributed by atoms with Crippen LogP contribution in [0.5, 0.6) is 5.75 Å². The summed E-state index contributed by atoms with van der Waals surface area (Å²) in [5, 5.41) is 9.16. The molecule has 1 unspecified atom stereocenters. The number of hydrogen-bond donors (Lipinski definition) is 2. The predicted octanol–water partition coefficient (Wildman–Crippen LogP) is 3.62. The molecule has 1 aromatic heterocycles. The van der Waals surface area contributed by atoms with Crippen LogP contribution in [-0.2, 0) is 0 Å². The summed E-state index contributed by atoms with van der Waals surface area (Å²) < 4.78 is 19.9. The molecule has 3 rings (SSSR count). The molecule has 1 aliphatic rings. The summed E-state index contributed by atoms with van der Waals surface area (Å²) in [6, 6.07) is 7.72. The Labute approximate surface area is 176 Å². The molecule has 162 valence electrons. The summed E-state index contributed by atoms with van der Waals surface area (Å²) in [6.07, 6.45) is 0.970. The van der Waals surface area contributed by atoms with Crippen LogP contribution in [0.4, 0.5) is 10.2 Å². The molecule has 1 aliphatic heterocycles. The van der Waals surface area contributed by atoms with E-state index in [0.29, 0.717) is 34.3 Å². The largest absolute Gasteiger partial charge is 0.493 e. The van der Waals surface area contributed by atoms with Gasteiger partial charge in [0.15, 0.2) is 0 Å². The van der Waals surface area contributed by atoms with Crippen molar-refractivity contribution < 1.29 is 19.0 Å². The molecule has 3 N–H and O–H groups in total. The standard InChI is InChI=1S/C23H30FN3O3/c1-14-10-23(3,4)27(11-14)22-19(21(25)29)5-6-20(26-22)16-7-17(24)9-18(8-16)30-13-15(2)12-28/h5-9,14-15,28H,10-13H2,1-4H3,(H2,25,29)/t14-,15?/m0/s1. The van der Waals surface area contributed by atoms with Gasteiger partial charge in [-0.3, -0.25) is 4.79 Å². The summed E-state index contributed by atoms with van der Waals surface area (Å²) in [4.78, 5) is 18.9. The van der Waals surface area contributed by atoms with E-state index in [1.165, 1.54) is 12.1 Å². The van der Waals surface area contributed by atoms with Gasteiger partial charge in [0, 0.05) is 36.2 Å². The van der Waals surface area contributed by atoms with Gasteiger partial charge in [0.25, 0.3) is 5.91 Å². The summed E-state index contributed by atoms with van der Waals surface area (Å²) in [5.41, 5.74) is 6.87. The van der Waals surface area contributed by atoms with Gasteiger partial charge in [-0.2, -0.15) is 0 Å². The highest BCUT2D eigenvalue weighted by molar-refractivity contribution is 5.98. The van der Waals surface area contributed by atoms with Gasteiger partial charge in [-0.25, -0.2) is 9.37 Å². The normalized spacial score (nSPS) is 19.0. The number of nitrogens with two attached hydrogens (primary N) is 1. The number of nitrogens with zero attached hydrogens (tertiary/aromatic N) is 2. The van der Waals surface area contributed by atoms with Gasteiger partial charge in [0.05, 0.1) is 17.9 Å². The number of primary amides is 1. The van der Waals surface area contributed by atoms with Gasteiger partial charge in [-0.05, 0) is 50.5 Å². The quantitative estimate of drug-likeness (QED) is 0.721. The maximum Gasteiger partial charge on any atom is 0.252 e. The van der Waals surface area contributed by atoms with Crippen molar-refractivity contribution >= 4 is 11.7 Å². The molecule has 0 saturated carbocycles. The van der Waals surface area contributed by atoms with E-state index in [0.717, 1.165) is 13.0 Å². The Morgan fingerprint density at radius 1 is 1.40 bits per heavy atom. The number of aliphatic hydroxyl groups excluding tert-OH is 1. The van der Waals surface area contributed by atoms with Crippen molar-refractivity contribution in [1.29, 1.82) is 0 Å². The molecular formula is C23H30FN3O3. The van der Waals surface area contributed by atoms with Gasteiger partial charge in [-0.1, -0.05) is 13.8 Å². The van der Waals surface area contributed by atoms with Crippen LogP contribution in [0.2, 0.25) is 0 Å². The first-order valence-electron chi connectivity index (χ1n) is 10.2. The Morgan fingerprint density at radius 3 is 2.73 bits per heavy atom. The third-order valence-electron chi connectivity index (χ3n) is 5.48. The van der Waals surface area contributed by atoms with E-state index in [-0.39, 0.29) is 24.7 Å². The Bertz CT molecular complexity index is 932. The zero-order chi connectivity index (χ0) is 22.1. The minimum atomic E-state index is -0.541. The topological polar surface area (TPSA) is 88.7 Å². The fourth-order valence-corrected chi connectivity index (χ4v) is 4.05. The van der Waals surface area contributed by atoms with Crippen molar-refractivity contribution in [2.24, 2.45) is 17.6 Å². The van der Waals surface area contributed by atoms with Crippen LogP contribution in [0.25, 0.3) is 11.3 Å². The molecule has 1 aromatic carbocycles. The molecule has 0 spiro atoms. The van der Waals surface area contributed by atoms with Crippen molar-refractivity contribution in [2.75, 3.05) is 24.7 Å². The van der Waals surface area contributed by atoms with E-state index >= 15 is 0 Å². The molecule has 1 amide bonds. The lowest BCUT2D eigenvalue weighted by Gasteiger charge is -2.33. The highest BCUT2D eigenvalue weighted by Crippen LogP contribution is 2.38. The second-order valence-corrected chi connectivity index (χ2v) is 8.94. The lowest BCUT2D eigenvalue weighted by Crippen LogP contribution is -2.40. The SMILES string of the molecule is CC(CO)COc1cc(F)cc(-c2ccc(C(N)=O)c(N3C[C@@H](C)CC3(C)C)n2)c1. The summed E-state index contributed by atoms with van der Waals surface area (Å²) in [6.45, 7) is 9.28. The minimum absolute atomic E-state index is 0.00822. The van der Waals surface area contributed by atoms with Crippen LogP contribution < -0.4 is 15.4 Å². The molecule has 7 heteroatoms. The summed E-state index contributed by atoms with van der Waals surface area (Å²) in [5.74, 6) is 0.291. The Hall–Kier alpha value is -2.67. The second-order valence-electron chi connectivity index (χ2n) is 8.94. The van der Waals surface area contributed by atoms with Crippen molar-refractivity contribution in [2.45, 2.75) is 39.7 Å². The Balaban J connectivity index is 2.01. The molecule has 6 nitrogen and oxygen atoms in total. The van der Waals surface area contributed by atoms with E-state index in [1.54, 1.807) is 18.2 Å². The van der Waals surface area contributed by atoms with Gasteiger partial charge in [0.1, 0.15) is 17.4 Å². The lowest BCUT2D eigenvalue weighted by molar-refractivity contribution is 0.100. The number of anilines is 1. The number of halogens is 1. The molecule has 1 fully saturated rings. The van der Waals surface area contributed by atoms with Gasteiger partial charge < -0.3 is 20.5 Å². The third-order valence-corrected chi connectivity index (χ3v) is 5.48. The highest BCUT2D eigenvalue weighted by atomic mass is 19.1. The smallest absolute Gasteiger partial charge is 0.252 e. The molecule has 2 heterocycles. The first-order valence-corrected chi connectivity index (χ1v) is 10.2. The number of pyridine rings is 1. The van der Waals surface area contributed by atoms with Gasteiger partial charge >= 0.3 is 0 Å². The third kappa shape index (κ3) is 4.73. The summed E-state index contributed by atoms with van der Waals surface area (Å²) >= 11 is 0. The molecule has 0 bridgehead atoms. The van der Waals surface area contributed by atoms with Crippen LogP contribution >= 0.6 is 0 Å². The zero-order valence-electron chi connectivity index (χ0n) is 18.0.